The summed E-state index contributed by atoms with van der Waals surface area (Å²) < 4.78 is 45.3. The molecule has 6 nitrogen and oxygen atoms in total. The minimum absolute atomic E-state index is 0.188. The van der Waals surface area contributed by atoms with Crippen molar-refractivity contribution < 1.29 is 22.3 Å². The number of nitrogens with zero attached hydrogens (tertiary/aromatic N) is 1. The van der Waals surface area contributed by atoms with E-state index in [0.717, 1.165) is 56.2 Å². The number of halogens is 4. The van der Waals surface area contributed by atoms with E-state index < -0.39 is 21.7 Å². The lowest BCUT2D eigenvalue weighted by Crippen LogP contribution is -2.35. The fourth-order valence-corrected chi connectivity index (χ4v) is 5.33. The Kier molecular flexibility index (Phi) is 8.18. The lowest BCUT2D eigenvalue weighted by Gasteiger charge is -2.32. The van der Waals surface area contributed by atoms with Crippen molar-refractivity contribution in [2.45, 2.75) is 38.1 Å². The molecule has 1 heterocycles. The maximum atomic E-state index is 14.7. The summed E-state index contributed by atoms with van der Waals surface area (Å²) >= 11 is 18.5. The third kappa shape index (κ3) is 7.01. The topological polar surface area (TPSA) is 75.7 Å². The average molecular weight is 564 g/mol. The van der Waals surface area contributed by atoms with Crippen molar-refractivity contribution >= 4 is 50.7 Å². The molecule has 1 aliphatic carbocycles. The van der Waals surface area contributed by atoms with Crippen LogP contribution in [0.15, 0.2) is 24.3 Å². The monoisotopic (exact) mass is 562 g/mol. The summed E-state index contributed by atoms with van der Waals surface area (Å²) in [5, 5.41) is 1.50. The molecule has 2 aliphatic rings. The van der Waals surface area contributed by atoms with Crippen LogP contribution in [0.2, 0.25) is 15.1 Å². The van der Waals surface area contributed by atoms with E-state index in [9.17, 15) is 17.6 Å². The molecule has 1 saturated carbocycles. The molecule has 2 fully saturated rings. The van der Waals surface area contributed by atoms with Crippen LogP contribution < -0.4 is 9.46 Å². The van der Waals surface area contributed by atoms with Gasteiger partial charge in [0.05, 0.1) is 28.5 Å². The molecular weight excluding hydrogens is 538 g/mol. The number of ether oxygens (including phenoxy) is 1. The molecule has 1 N–H and O–H groups in total. The van der Waals surface area contributed by atoms with Crippen molar-refractivity contribution in [2.24, 2.45) is 5.92 Å². The summed E-state index contributed by atoms with van der Waals surface area (Å²) in [7, 11) is -3.79. The predicted molar refractivity (Wildman–Crippen MR) is 136 cm³/mol. The summed E-state index contributed by atoms with van der Waals surface area (Å²) in [6, 6.07) is 6.09. The number of sulfonamides is 1. The number of hydrogen-bond donors (Lipinski definition) is 1. The molecule has 11 heteroatoms. The average Bonchev–Trinajstić information content (AvgIpc) is 3.61. The maximum Gasteiger partial charge on any atom is 0.267 e. The number of nitrogens with one attached hydrogen (secondary N) is 1. The Bertz CT molecular complexity index is 1230. The number of carbonyl (C=O) groups is 1. The van der Waals surface area contributed by atoms with Crippen LogP contribution in [0, 0.1) is 11.7 Å². The van der Waals surface area contributed by atoms with Crippen molar-refractivity contribution in [2.75, 3.05) is 26.0 Å². The molecular formula is C24H26Cl3FN2O4S. The Morgan fingerprint density at radius 3 is 2.34 bits per heavy atom. The van der Waals surface area contributed by atoms with E-state index in [0.29, 0.717) is 39.9 Å². The van der Waals surface area contributed by atoms with Gasteiger partial charge in [0.25, 0.3) is 5.91 Å². The van der Waals surface area contributed by atoms with E-state index in [2.05, 4.69) is 4.90 Å². The van der Waals surface area contributed by atoms with Gasteiger partial charge in [0.2, 0.25) is 10.0 Å². The fourth-order valence-electron chi connectivity index (χ4n) is 4.25. The van der Waals surface area contributed by atoms with E-state index in [1.807, 2.05) is 4.72 Å². The molecule has 0 aromatic heterocycles. The summed E-state index contributed by atoms with van der Waals surface area (Å²) in [5.74, 6) is -0.871. The standard InChI is InChI=1S/C24H26Cl3FN2O4S/c1-35(32,33)29-24(31)18-9-17(15-2-3-15)23(11-22(18)28)34-13-14-4-6-30(7-5-14)12-16-8-20(26)21(27)10-19(16)25/h8-11,14-15H,2-7,12-13H2,1H3,(H,29,31). The van der Waals surface area contributed by atoms with Gasteiger partial charge in [0.1, 0.15) is 11.6 Å². The Labute approximate surface area is 219 Å². The molecule has 1 aliphatic heterocycles. The normalized spacial score (nSPS) is 17.4. The maximum absolute atomic E-state index is 14.7. The third-order valence-corrected chi connectivity index (χ3v) is 7.93. The second-order valence-corrected chi connectivity index (χ2v) is 12.2. The molecule has 2 aromatic carbocycles. The molecule has 0 spiro atoms. The van der Waals surface area contributed by atoms with Crippen LogP contribution in [0.3, 0.4) is 0 Å². The lowest BCUT2D eigenvalue weighted by atomic mass is 9.97. The molecule has 1 amide bonds. The van der Waals surface area contributed by atoms with Crippen LogP contribution in [0.4, 0.5) is 4.39 Å². The highest BCUT2D eigenvalue weighted by molar-refractivity contribution is 7.89. The number of benzene rings is 2. The molecule has 0 radical (unpaired) electrons. The summed E-state index contributed by atoms with van der Waals surface area (Å²) in [4.78, 5) is 14.5. The Balaban J connectivity index is 1.36. The highest BCUT2D eigenvalue weighted by atomic mass is 35.5. The highest BCUT2D eigenvalue weighted by Crippen LogP contribution is 2.45. The Hall–Kier alpha value is -1.58. The van der Waals surface area contributed by atoms with Gasteiger partial charge >= 0.3 is 0 Å². The van der Waals surface area contributed by atoms with E-state index in [-0.39, 0.29) is 11.5 Å². The van der Waals surface area contributed by atoms with Gasteiger partial charge in [-0.25, -0.2) is 17.5 Å². The van der Waals surface area contributed by atoms with E-state index in [1.54, 1.807) is 12.1 Å². The van der Waals surface area contributed by atoms with Crippen LogP contribution in [0.1, 0.15) is 53.1 Å². The summed E-state index contributed by atoms with van der Waals surface area (Å²) in [6.07, 6.45) is 4.52. The molecule has 0 bridgehead atoms. The van der Waals surface area contributed by atoms with Gasteiger partial charge in [0.15, 0.2) is 0 Å². The number of rotatable bonds is 8. The fraction of sp³-hybridized carbons (Fsp3) is 0.458. The van der Waals surface area contributed by atoms with Crippen molar-refractivity contribution in [1.29, 1.82) is 0 Å². The minimum Gasteiger partial charge on any atom is -0.493 e. The van der Waals surface area contributed by atoms with Crippen molar-refractivity contribution in [3.05, 3.63) is 61.8 Å². The number of amides is 1. The first-order valence-electron chi connectivity index (χ1n) is 11.3. The second kappa shape index (κ2) is 10.8. The zero-order valence-electron chi connectivity index (χ0n) is 19.1. The van der Waals surface area contributed by atoms with Gasteiger partial charge in [-0.15, -0.1) is 0 Å². The quantitative estimate of drug-likeness (QED) is 0.421. The largest absolute Gasteiger partial charge is 0.493 e. The van der Waals surface area contributed by atoms with Crippen LogP contribution >= 0.6 is 34.8 Å². The van der Waals surface area contributed by atoms with Gasteiger partial charge in [-0.2, -0.15) is 0 Å². The smallest absolute Gasteiger partial charge is 0.267 e. The van der Waals surface area contributed by atoms with Crippen molar-refractivity contribution in [3.63, 3.8) is 0 Å². The van der Waals surface area contributed by atoms with Crippen LogP contribution in [-0.4, -0.2) is 45.2 Å². The van der Waals surface area contributed by atoms with Gasteiger partial charge in [0, 0.05) is 17.6 Å². The number of carbonyl (C=O) groups excluding carboxylic acids is 1. The SMILES string of the molecule is CS(=O)(=O)NC(=O)c1cc(C2CC2)c(OCC2CCN(Cc3cc(Cl)c(Cl)cc3Cl)CC2)cc1F. The van der Waals surface area contributed by atoms with E-state index >= 15 is 0 Å². The molecule has 0 unspecified atom stereocenters. The lowest BCUT2D eigenvalue weighted by molar-refractivity contribution is 0.0977. The second-order valence-electron chi connectivity index (χ2n) is 9.24. The predicted octanol–water partition coefficient (Wildman–Crippen LogP) is 5.64. The van der Waals surface area contributed by atoms with Gasteiger partial charge in [-0.1, -0.05) is 34.8 Å². The Morgan fingerprint density at radius 2 is 1.71 bits per heavy atom. The zero-order valence-corrected chi connectivity index (χ0v) is 22.2. The first-order valence-corrected chi connectivity index (χ1v) is 14.4. The number of hydrogen-bond acceptors (Lipinski definition) is 5. The first-order chi connectivity index (χ1) is 16.5. The Morgan fingerprint density at radius 1 is 1.06 bits per heavy atom. The number of piperidine rings is 1. The number of likely N-dealkylation sites (tertiary alicyclic amines) is 1. The van der Waals surface area contributed by atoms with Crippen molar-refractivity contribution in [1.82, 2.24) is 9.62 Å². The molecule has 190 valence electrons. The molecule has 2 aromatic rings. The molecule has 0 atom stereocenters. The van der Waals surface area contributed by atoms with Crippen molar-refractivity contribution in [3.8, 4) is 5.75 Å². The first kappa shape index (κ1) is 26.5. The summed E-state index contributed by atoms with van der Waals surface area (Å²) in [5.41, 5.74) is 1.39. The summed E-state index contributed by atoms with van der Waals surface area (Å²) in [6.45, 7) is 2.84. The minimum atomic E-state index is -3.79. The highest BCUT2D eigenvalue weighted by Gasteiger charge is 2.30. The van der Waals surface area contributed by atoms with E-state index in [4.69, 9.17) is 39.5 Å². The van der Waals surface area contributed by atoms with Crippen LogP contribution in [-0.2, 0) is 16.6 Å². The third-order valence-electron chi connectivity index (χ3n) is 6.30. The van der Waals surface area contributed by atoms with Gasteiger partial charge < -0.3 is 4.74 Å². The zero-order chi connectivity index (χ0) is 25.3. The van der Waals surface area contributed by atoms with Crippen LogP contribution in [0.5, 0.6) is 5.75 Å². The molecule has 35 heavy (non-hydrogen) atoms. The van der Waals surface area contributed by atoms with Crippen LogP contribution in [0.25, 0.3) is 0 Å². The molecule has 4 rings (SSSR count). The van der Waals surface area contributed by atoms with Gasteiger partial charge in [-0.3, -0.25) is 9.69 Å². The molecule has 1 saturated heterocycles. The van der Waals surface area contributed by atoms with E-state index in [1.165, 1.54) is 12.1 Å². The van der Waals surface area contributed by atoms with Gasteiger partial charge in [-0.05, 0) is 79.9 Å².